The van der Waals surface area contributed by atoms with E-state index in [1.807, 2.05) is 43.3 Å². The Hall–Kier alpha value is -2.89. The van der Waals surface area contributed by atoms with Gasteiger partial charge in [-0.1, -0.05) is 31.2 Å². The Balaban J connectivity index is 1.79. The van der Waals surface area contributed by atoms with Crippen LogP contribution in [-0.4, -0.2) is 27.8 Å². The fourth-order valence-electron chi connectivity index (χ4n) is 2.43. The molecule has 2 aromatic heterocycles. The second-order valence-corrected chi connectivity index (χ2v) is 5.37. The van der Waals surface area contributed by atoms with Gasteiger partial charge in [-0.2, -0.15) is 5.10 Å². The van der Waals surface area contributed by atoms with Crippen LogP contribution in [0.1, 0.15) is 29.5 Å². The first-order chi connectivity index (χ1) is 11.7. The predicted octanol–water partition coefficient (Wildman–Crippen LogP) is 3.21. The fourth-order valence-corrected chi connectivity index (χ4v) is 2.43. The van der Waals surface area contributed by atoms with Crippen molar-refractivity contribution in [2.75, 3.05) is 7.11 Å². The topological polar surface area (TPSA) is 66.2 Å². The maximum absolute atomic E-state index is 11.6. The summed E-state index contributed by atoms with van der Waals surface area (Å²) < 4.78 is 12.2. The van der Waals surface area contributed by atoms with Gasteiger partial charge in [-0.15, -0.1) is 0 Å². The Morgan fingerprint density at radius 1 is 1.21 bits per heavy atom. The number of ether oxygens (including phenoxy) is 2. The van der Waals surface area contributed by atoms with E-state index in [1.165, 1.54) is 7.11 Å². The number of esters is 1. The second kappa shape index (κ2) is 7.12. The average molecular weight is 325 g/mol. The van der Waals surface area contributed by atoms with Gasteiger partial charge in [0, 0.05) is 18.0 Å². The fraction of sp³-hybridized carbons (Fsp3) is 0.278. The lowest BCUT2D eigenvalue weighted by atomic mass is 10.2. The van der Waals surface area contributed by atoms with Crippen LogP contribution in [-0.2, 0) is 17.9 Å². The second-order valence-electron chi connectivity index (χ2n) is 5.37. The number of fused-ring (bicyclic) bond motifs is 1. The third-order valence-corrected chi connectivity index (χ3v) is 3.60. The summed E-state index contributed by atoms with van der Waals surface area (Å²) >= 11 is 0. The number of hydrogen-bond donors (Lipinski definition) is 0. The highest BCUT2D eigenvalue weighted by Gasteiger charge is 2.15. The third kappa shape index (κ3) is 3.37. The molecule has 6 nitrogen and oxygen atoms in total. The molecule has 1 aromatic carbocycles. The molecule has 0 unspecified atom stereocenters. The molecular formula is C18H19N3O3. The molecule has 0 saturated carbocycles. The van der Waals surface area contributed by atoms with E-state index in [9.17, 15) is 4.79 Å². The van der Waals surface area contributed by atoms with E-state index >= 15 is 0 Å². The van der Waals surface area contributed by atoms with Crippen LogP contribution in [0.5, 0.6) is 5.88 Å². The molecule has 0 aliphatic carbocycles. The van der Waals surface area contributed by atoms with Crippen molar-refractivity contribution in [3.05, 3.63) is 53.9 Å². The minimum atomic E-state index is -0.474. The van der Waals surface area contributed by atoms with E-state index in [0.717, 1.165) is 23.0 Å². The van der Waals surface area contributed by atoms with Crippen LogP contribution in [0.4, 0.5) is 0 Å². The van der Waals surface area contributed by atoms with Gasteiger partial charge in [-0.3, -0.25) is 0 Å². The van der Waals surface area contributed by atoms with Crippen LogP contribution in [0.3, 0.4) is 0 Å². The van der Waals surface area contributed by atoms with Crippen molar-refractivity contribution in [2.45, 2.75) is 26.5 Å². The molecule has 0 amide bonds. The first-order valence-electron chi connectivity index (χ1n) is 7.85. The quantitative estimate of drug-likeness (QED) is 0.651. The number of nitrogens with zero attached hydrogens (tertiary/aromatic N) is 3. The minimum Gasteiger partial charge on any atom is -0.471 e. The van der Waals surface area contributed by atoms with Gasteiger partial charge < -0.3 is 9.47 Å². The molecule has 0 saturated heterocycles. The summed E-state index contributed by atoms with van der Waals surface area (Å²) in [7, 11) is 1.33. The minimum absolute atomic E-state index is 0.243. The summed E-state index contributed by atoms with van der Waals surface area (Å²) in [4.78, 5) is 16.2. The molecule has 0 N–H and O–H groups in total. The van der Waals surface area contributed by atoms with Crippen molar-refractivity contribution in [2.24, 2.45) is 0 Å². The van der Waals surface area contributed by atoms with E-state index in [-0.39, 0.29) is 5.69 Å². The lowest BCUT2D eigenvalue weighted by Crippen LogP contribution is -2.07. The number of rotatable bonds is 6. The molecule has 24 heavy (non-hydrogen) atoms. The van der Waals surface area contributed by atoms with E-state index in [2.05, 4.69) is 10.1 Å². The lowest BCUT2D eigenvalue weighted by Gasteiger charge is -2.08. The zero-order chi connectivity index (χ0) is 16.9. The SMILES string of the molecule is CCCn1nc(C(=O)OC)cc1OCc1ccc2ccccc2n1. The van der Waals surface area contributed by atoms with Crippen molar-refractivity contribution < 1.29 is 14.3 Å². The zero-order valence-electron chi connectivity index (χ0n) is 13.7. The molecule has 0 fully saturated rings. The molecule has 0 radical (unpaired) electrons. The van der Waals surface area contributed by atoms with Crippen LogP contribution >= 0.6 is 0 Å². The summed E-state index contributed by atoms with van der Waals surface area (Å²) in [6.45, 7) is 3.01. The van der Waals surface area contributed by atoms with Crippen molar-refractivity contribution >= 4 is 16.9 Å². The van der Waals surface area contributed by atoms with Crippen molar-refractivity contribution in [3.63, 3.8) is 0 Å². The molecule has 6 heteroatoms. The van der Waals surface area contributed by atoms with Gasteiger partial charge in [0.1, 0.15) is 6.61 Å². The number of carbonyl (C=O) groups is 1. The largest absolute Gasteiger partial charge is 0.471 e. The number of para-hydroxylation sites is 1. The van der Waals surface area contributed by atoms with Gasteiger partial charge in [-0.25, -0.2) is 14.5 Å². The Kier molecular flexibility index (Phi) is 4.74. The lowest BCUT2D eigenvalue weighted by molar-refractivity contribution is 0.0593. The highest BCUT2D eigenvalue weighted by atomic mass is 16.5. The molecule has 0 aliphatic rings. The zero-order valence-corrected chi connectivity index (χ0v) is 13.7. The molecule has 124 valence electrons. The number of carbonyl (C=O) groups excluding carboxylic acids is 1. The first-order valence-corrected chi connectivity index (χ1v) is 7.85. The Morgan fingerprint density at radius 2 is 2.04 bits per heavy atom. The van der Waals surface area contributed by atoms with E-state index in [1.54, 1.807) is 10.7 Å². The van der Waals surface area contributed by atoms with Gasteiger partial charge in [-0.05, 0) is 18.6 Å². The highest BCUT2D eigenvalue weighted by Crippen LogP contribution is 2.18. The number of benzene rings is 1. The summed E-state index contributed by atoms with van der Waals surface area (Å²) in [5.74, 6) is 0.0609. The van der Waals surface area contributed by atoms with Gasteiger partial charge in [0.25, 0.3) is 0 Å². The van der Waals surface area contributed by atoms with Crippen molar-refractivity contribution in [1.29, 1.82) is 0 Å². The molecule has 0 aliphatic heterocycles. The van der Waals surface area contributed by atoms with E-state index in [4.69, 9.17) is 9.47 Å². The van der Waals surface area contributed by atoms with Crippen LogP contribution in [0.2, 0.25) is 0 Å². The van der Waals surface area contributed by atoms with Crippen molar-refractivity contribution in [3.8, 4) is 5.88 Å². The van der Waals surface area contributed by atoms with Crippen LogP contribution in [0, 0.1) is 0 Å². The number of methoxy groups -OCH3 is 1. The van der Waals surface area contributed by atoms with Gasteiger partial charge in [0.05, 0.1) is 18.3 Å². The number of hydrogen-bond acceptors (Lipinski definition) is 5. The Labute approximate surface area is 140 Å². The van der Waals surface area contributed by atoms with E-state index < -0.39 is 5.97 Å². The highest BCUT2D eigenvalue weighted by molar-refractivity contribution is 5.87. The number of aryl methyl sites for hydroxylation is 1. The Bertz CT molecular complexity index is 858. The average Bonchev–Trinajstić information content (AvgIpc) is 3.02. The van der Waals surface area contributed by atoms with E-state index in [0.29, 0.717) is 19.0 Å². The summed E-state index contributed by atoms with van der Waals surface area (Å²) in [5, 5.41) is 5.32. The molecule has 3 aromatic rings. The van der Waals surface area contributed by atoms with Crippen LogP contribution < -0.4 is 4.74 Å². The molecule has 0 spiro atoms. The molecule has 0 bridgehead atoms. The van der Waals surface area contributed by atoms with Gasteiger partial charge >= 0.3 is 5.97 Å². The first kappa shape index (κ1) is 16.0. The molecule has 3 rings (SSSR count). The third-order valence-electron chi connectivity index (χ3n) is 3.60. The maximum Gasteiger partial charge on any atom is 0.358 e. The number of aromatic nitrogens is 3. The van der Waals surface area contributed by atoms with Crippen LogP contribution in [0.15, 0.2) is 42.5 Å². The summed E-state index contributed by atoms with van der Waals surface area (Å²) in [6.07, 6.45) is 0.882. The normalized spacial score (nSPS) is 10.8. The smallest absolute Gasteiger partial charge is 0.358 e. The maximum atomic E-state index is 11.6. The van der Waals surface area contributed by atoms with Crippen LogP contribution in [0.25, 0.3) is 10.9 Å². The van der Waals surface area contributed by atoms with Gasteiger partial charge in [0.15, 0.2) is 5.69 Å². The van der Waals surface area contributed by atoms with Gasteiger partial charge in [0.2, 0.25) is 5.88 Å². The standard InChI is InChI=1S/C18H19N3O3/c1-3-10-21-17(11-16(20-21)18(22)23-2)24-12-14-9-8-13-6-4-5-7-15(13)19-14/h4-9,11H,3,10,12H2,1-2H3. The summed E-state index contributed by atoms with van der Waals surface area (Å²) in [5.41, 5.74) is 1.99. The predicted molar refractivity (Wildman–Crippen MR) is 89.9 cm³/mol. The monoisotopic (exact) mass is 325 g/mol. The Morgan fingerprint density at radius 3 is 2.83 bits per heavy atom. The molecular weight excluding hydrogens is 306 g/mol. The molecule has 2 heterocycles. The summed E-state index contributed by atoms with van der Waals surface area (Å²) in [6, 6.07) is 13.5. The molecule has 0 atom stereocenters. The number of pyridine rings is 1. The van der Waals surface area contributed by atoms with Crippen molar-refractivity contribution in [1.82, 2.24) is 14.8 Å².